The second-order valence-corrected chi connectivity index (χ2v) is 6.48. The van der Waals surface area contributed by atoms with Crippen molar-refractivity contribution in [1.29, 1.82) is 0 Å². The summed E-state index contributed by atoms with van der Waals surface area (Å²) in [6, 6.07) is 11.8. The zero-order valence-corrected chi connectivity index (χ0v) is 15.9. The molecule has 3 rings (SSSR count). The van der Waals surface area contributed by atoms with Crippen molar-refractivity contribution in [1.82, 2.24) is 14.3 Å². The summed E-state index contributed by atoms with van der Waals surface area (Å²) in [6.07, 6.45) is 0. The number of aromatic nitrogens is 2. The molecule has 2 heterocycles. The van der Waals surface area contributed by atoms with Gasteiger partial charge in [-0.15, -0.1) is 0 Å². The van der Waals surface area contributed by atoms with Gasteiger partial charge < -0.3 is 9.47 Å². The molecule has 0 radical (unpaired) electrons. The first-order valence-corrected chi connectivity index (χ1v) is 8.66. The Morgan fingerprint density at radius 2 is 1.93 bits per heavy atom. The molecule has 6 nitrogen and oxygen atoms in total. The molecule has 0 unspecified atom stereocenters. The summed E-state index contributed by atoms with van der Waals surface area (Å²) in [6.45, 7) is -0.0853. The largest absolute Gasteiger partial charge is 0.493 e. The lowest BCUT2D eigenvalue weighted by Crippen LogP contribution is -2.22. The Balaban J connectivity index is 1.76. The minimum atomic E-state index is -2.91. The van der Waals surface area contributed by atoms with Crippen LogP contribution in [0.4, 0.5) is 8.78 Å². The highest BCUT2D eigenvalue weighted by molar-refractivity contribution is 5.43. The maximum absolute atomic E-state index is 12.4. The molecular formula is C20H21F2N3O3. The van der Waals surface area contributed by atoms with Gasteiger partial charge in [0, 0.05) is 24.8 Å². The van der Waals surface area contributed by atoms with Crippen LogP contribution in [0, 0.1) is 6.92 Å². The van der Waals surface area contributed by atoms with Crippen molar-refractivity contribution in [3.8, 4) is 11.5 Å². The first-order chi connectivity index (χ1) is 13.4. The van der Waals surface area contributed by atoms with Crippen LogP contribution < -0.4 is 15.0 Å². The van der Waals surface area contributed by atoms with E-state index >= 15 is 0 Å². The highest BCUT2D eigenvalue weighted by atomic mass is 19.3. The van der Waals surface area contributed by atoms with E-state index in [2.05, 4.69) is 9.72 Å². The zero-order valence-electron chi connectivity index (χ0n) is 15.9. The van der Waals surface area contributed by atoms with Gasteiger partial charge in [0.15, 0.2) is 11.5 Å². The molecule has 0 saturated carbocycles. The number of halogens is 2. The Morgan fingerprint density at radius 1 is 1.14 bits per heavy atom. The SMILES string of the molecule is COc1cc(CN(C)Cc2cc(=O)n3c(C)cccc3n2)ccc1OC(F)F. The second kappa shape index (κ2) is 8.35. The van der Waals surface area contributed by atoms with E-state index in [0.717, 1.165) is 11.3 Å². The van der Waals surface area contributed by atoms with E-state index in [1.807, 2.05) is 31.0 Å². The number of methoxy groups -OCH3 is 1. The molecule has 0 atom stereocenters. The summed E-state index contributed by atoms with van der Waals surface area (Å²) >= 11 is 0. The molecule has 0 aliphatic carbocycles. The predicted octanol–water partition coefficient (Wildman–Crippen LogP) is 3.24. The number of fused-ring (bicyclic) bond motifs is 1. The number of nitrogens with zero attached hydrogens (tertiary/aromatic N) is 3. The van der Waals surface area contributed by atoms with Crippen LogP contribution in [-0.2, 0) is 13.1 Å². The van der Waals surface area contributed by atoms with Crippen molar-refractivity contribution in [3.63, 3.8) is 0 Å². The number of hydrogen-bond acceptors (Lipinski definition) is 5. The van der Waals surface area contributed by atoms with E-state index in [9.17, 15) is 13.6 Å². The van der Waals surface area contributed by atoms with Crippen molar-refractivity contribution >= 4 is 5.65 Å². The number of hydrogen-bond donors (Lipinski definition) is 0. The molecule has 2 aromatic heterocycles. The Labute approximate surface area is 161 Å². The molecule has 0 saturated heterocycles. The standard InChI is InChI=1S/C20H21F2N3O3/c1-13-5-4-6-18-23-15(10-19(26)25(13)18)12-24(2)11-14-7-8-16(28-20(21)22)17(9-14)27-3/h4-10,20H,11-12H2,1-3H3. The van der Waals surface area contributed by atoms with Gasteiger partial charge >= 0.3 is 6.61 Å². The smallest absolute Gasteiger partial charge is 0.387 e. The maximum Gasteiger partial charge on any atom is 0.387 e. The van der Waals surface area contributed by atoms with Crippen LogP contribution in [0.5, 0.6) is 11.5 Å². The number of pyridine rings is 1. The third-order valence-corrected chi connectivity index (χ3v) is 4.26. The summed E-state index contributed by atoms with van der Waals surface area (Å²) in [5.41, 5.74) is 2.82. The van der Waals surface area contributed by atoms with Crippen LogP contribution in [0.25, 0.3) is 5.65 Å². The molecule has 0 fully saturated rings. The summed E-state index contributed by atoms with van der Waals surface area (Å²) in [4.78, 5) is 18.9. The quantitative estimate of drug-likeness (QED) is 0.621. The van der Waals surface area contributed by atoms with Gasteiger partial charge in [0.1, 0.15) is 5.65 Å². The number of ether oxygens (including phenoxy) is 2. The Morgan fingerprint density at radius 3 is 2.64 bits per heavy atom. The van der Waals surface area contributed by atoms with Crippen molar-refractivity contribution < 1.29 is 18.3 Å². The van der Waals surface area contributed by atoms with E-state index in [-0.39, 0.29) is 17.1 Å². The average Bonchev–Trinajstić information content (AvgIpc) is 2.62. The van der Waals surface area contributed by atoms with Gasteiger partial charge in [-0.1, -0.05) is 12.1 Å². The van der Waals surface area contributed by atoms with Crippen LogP contribution >= 0.6 is 0 Å². The van der Waals surface area contributed by atoms with Crippen molar-refractivity contribution in [2.24, 2.45) is 0 Å². The van der Waals surface area contributed by atoms with E-state index in [1.165, 1.54) is 19.2 Å². The van der Waals surface area contributed by atoms with E-state index in [4.69, 9.17) is 4.74 Å². The summed E-state index contributed by atoms with van der Waals surface area (Å²) in [7, 11) is 3.28. The van der Waals surface area contributed by atoms with Crippen molar-refractivity contribution in [2.45, 2.75) is 26.6 Å². The monoisotopic (exact) mass is 389 g/mol. The van der Waals surface area contributed by atoms with Gasteiger partial charge in [0.25, 0.3) is 5.56 Å². The lowest BCUT2D eigenvalue weighted by Gasteiger charge is -2.18. The van der Waals surface area contributed by atoms with Gasteiger partial charge in [-0.3, -0.25) is 14.1 Å². The number of rotatable bonds is 7. The van der Waals surface area contributed by atoms with Crippen molar-refractivity contribution in [3.05, 3.63) is 69.8 Å². The van der Waals surface area contributed by atoms with Gasteiger partial charge in [0.05, 0.1) is 12.8 Å². The fraction of sp³-hybridized carbons (Fsp3) is 0.300. The third kappa shape index (κ3) is 4.45. The van der Waals surface area contributed by atoms with E-state index < -0.39 is 6.61 Å². The summed E-state index contributed by atoms with van der Waals surface area (Å²) in [5.74, 6) is 0.229. The molecule has 0 aliphatic heterocycles. The fourth-order valence-corrected chi connectivity index (χ4v) is 3.09. The Bertz CT molecular complexity index is 1040. The molecule has 1 aromatic carbocycles. The average molecular weight is 389 g/mol. The van der Waals surface area contributed by atoms with Crippen LogP contribution in [0.2, 0.25) is 0 Å². The zero-order chi connectivity index (χ0) is 20.3. The molecule has 0 spiro atoms. The summed E-state index contributed by atoms with van der Waals surface area (Å²) in [5, 5.41) is 0. The molecule has 28 heavy (non-hydrogen) atoms. The summed E-state index contributed by atoms with van der Waals surface area (Å²) < 4.78 is 36.0. The number of aryl methyl sites for hydroxylation is 1. The Hall–Kier alpha value is -3.00. The topological polar surface area (TPSA) is 56.1 Å². The normalized spacial score (nSPS) is 11.4. The van der Waals surface area contributed by atoms with Gasteiger partial charge in [-0.25, -0.2) is 4.98 Å². The molecule has 8 heteroatoms. The van der Waals surface area contributed by atoms with Crippen LogP contribution in [0.3, 0.4) is 0 Å². The van der Waals surface area contributed by atoms with Gasteiger partial charge in [0.2, 0.25) is 0 Å². The van der Waals surface area contributed by atoms with Crippen LogP contribution in [0.1, 0.15) is 17.0 Å². The van der Waals surface area contributed by atoms with Gasteiger partial charge in [-0.2, -0.15) is 8.78 Å². The maximum atomic E-state index is 12.4. The lowest BCUT2D eigenvalue weighted by atomic mass is 10.2. The molecule has 148 valence electrons. The minimum absolute atomic E-state index is 0.0107. The molecule has 0 amide bonds. The first kappa shape index (κ1) is 19.8. The predicted molar refractivity (Wildman–Crippen MR) is 101 cm³/mol. The highest BCUT2D eigenvalue weighted by Gasteiger charge is 2.13. The molecule has 0 N–H and O–H groups in total. The van der Waals surface area contributed by atoms with E-state index in [0.29, 0.717) is 24.4 Å². The van der Waals surface area contributed by atoms with E-state index in [1.54, 1.807) is 22.6 Å². The van der Waals surface area contributed by atoms with Crippen molar-refractivity contribution in [2.75, 3.05) is 14.2 Å². The third-order valence-electron chi connectivity index (χ3n) is 4.26. The number of alkyl halides is 2. The lowest BCUT2D eigenvalue weighted by molar-refractivity contribution is -0.0512. The second-order valence-electron chi connectivity index (χ2n) is 6.48. The number of benzene rings is 1. The fourth-order valence-electron chi connectivity index (χ4n) is 3.09. The van der Waals surface area contributed by atoms with Gasteiger partial charge in [-0.05, 0) is 43.8 Å². The van der Waals surface area contributed by atoms with Crippen LogP contribution in [-0.4, -0.2) is 35.1 Å². The highest BCUT2D eigenvalue weighted by Crippen LogP contribution is 2.29. The first-order valence-electron chi connectivity index (χ1n) is 8.66. The van der Waals surface area contributed by atoms with Crippen LogP contribution in [0.15, 0.2) is 47.3 Å². The molecule has 0 bridgehead atoms. The molecule has 3 aromatic rings. The minimum Gasteiger partial charge on any atom is -0.493 e. The molecule has 0 aliphatic rings. The Kier molecular flexibility index (Phi) is 5.89. The molecular weight excluding hydrogens is 368 g/mol.